The summed E-state index contributed by atoms with van der Waals surface area (Å²) in [6.45, 7) is 17.2. The summed E-state index contributed by atoms with van der Waals surface area (Å²) in [6.07, 6.45) is 1.05. The van der Waals surface area contributed by atoms with Gasteiger partial charge in [-0.15, -0.1) is 0 Å². The molecule has 1 aliphatic rings. The summed E-state index contributed by atoms with van der Waals surface area (Å²) in [6, 6.07) is 0. The van der Waals surface area contributed by atoms with Crippen molar-refractivity contribution in [2.24, 2.45) is 10.8 Å². The van der Waals surface area contributed by atoms with Crippen molar-refractivity contribution in [3.8, 4) is 0 Å². The maximum absolute atomic E-state index is 12.0. The van der Waals surface area contributed by atoms with Crippen molar-refractivity contribution in [1.29, 1.82) is 0 Å². The number of hydrogen-bond donors (Lipinski definition) is 0. The van der Waals surface area contributed by atoms with E-state index in [0.29, 0.717) is 6.54 Å². The molecule has 0 spiro atoms. The van der Waals surface area contributed by atoms with Crippen LogP contribution < -0.4 is 0 Å². The molecule has 1 aliphatic heterocycles. The molecule has 0 N–H and O–H groups in total. The van der Waals surface area contributed by atoms with Crippen molar-refractivity contribution < 1.29 is 9.53 Å². The third-order valence-electron chi connectivity index (χ3n) is 3.35. The molecule has 3 heteroatoms. The predicted molar refractivity (Wildman–Crippen MR) is 78.8 cm³/mol. The standard InChI is InChI=1S/C16H29NO2/c1-8-9-17-10-12(15(2,3)4)14(16(5,6)7)19-13(18)11-17/h8-11H2,1-7H3. The van der Waals surface area contributed by atoms with Crippen molar-refractivity contribution in [2.45, 2.75) is 54.9 Å². The molecule has 0 aromatic heterocycles. The largest absolute Gasteiger partial charge is 0.430 e. The van der Waals surface area contributed by atoms with Gasteiger partial charge in [0.15, 0.2) is 0 Å². The van der Waals surface area contributed by atoms with Gasteiger partial charge in [0.05, 0.1) is 6.54 Å². The third-order valence-corrected chi connectivity index (χ3v) is 3.35. The molecule has 0 aromatic carbocycles. The molecular weight excluding hydrogens is 238 g/mol. The summed E-state index contributed by atoms with van der Waals surface area (Å²) in [7, 11) is 0. The Labute approximate surface area is 118 Å². The number of hydrogen-bond acceptors (Lipinski definition) is 3. The zero-order valence-corrected chi connectivity index (χ0v) is 13.6. The van der Waals surface area contributed by atoms with Crippen LogP contribution in [0.3, 0.4) is 0 Å². The van der Waals surface area contributed by atoms with E-state index in [4.69, 9.17) is 4.74 Å². The normalized spacial score (nSPS) is 19.4. The van der Waals surface area contributed by atoms with E-state index in [-0.39, 0.29) is 16.8 Å². The van der Waals surface area contributed by atoms with Crippen LogP contribution >= 0.6 is 0 Å². The van der Waals surface area contributed by atoms with Gasteiger partial charge in [0.25, 0.3) is 0 Å². The van der Waals surface area contributed by atoms with E-state index >= 15 is 0 Å². The van der Waals surface area contributed by atoms with E-state index < -0.39 is 0 Å². The predicted octanol–water partition coefficient (Wildman–Crippen LogP) is 3.60. The van der Waals surface area contributed by atoms with Crippen molar-refractivity contribution in [3.63, 3.8) is 0 Å². The highest BCUT2D eigenvalue weighted by atomic mass is 16.5. The highest BCUT2D eigenvalue weighted by Crippen LogP contribution is 2.38. The van der Waals surface area contributed by atoms with E-state index in [9.17, 15) is 4.79 Å². The Balaban J connectivity index is 3.24. The SMILES string of the molecule is CCCN1CC(=O)OC(C(C)(C)C)=C(C(C)(C)C)C1. The van der Waals surface area contributed by atoms with Gasteiger partial charge in [0, 0.05) is 12.0 Å². The molecule has 0 bridgehead atoms. The first-order valence-electron chi connectivity index (χ1n) is 7.23. The Kier molecular flexibility index (Phi) is 4.83. The van der Waals surface area contributed by atoms with Gasteiger partial charge in [-0.25, -0.2) is 0 Å². The molecule has 0 aliphatic carbocycles. The molecule has 1 rings (SSSR count). The molecule has 0 aromatic rings. The van der Waals surface area contributed by atoms with Crippen LogP contribution in [0, 0.1) is 10.8 Å². The van der Waals surface area contributed by atoms with Crippen LogP contribution in [-0.2, 0) is 9.53 Å². The van der Waals surface area contributed by atoms with Gasteiger partial charge in [-0.05, 0) is 24.0 Å². The van der Waals surface area contributed by atoms with Gasteiger partial charge in [-0.2, -0.15) is 0 Å². The molecule has 110 valence electrons. The first-order valence-corrected chi connectivity index (χ1v) is 7.23. The number of esters is 1. The van der Waals surface area contributed by atoms with Crippen LogP contribution in [0.1, 0.15) is 54.9 Å². The van der Waals surface area contributed by atoms with Crippen molar-refractivity contribution >= 4 is 5.97 Å². The number of ether oxygens (including phenoxy) is 1. The molecule has 0 unspecified atom stereocenters. The summed E-state index contributed by atoms with van der Waals surface area (Å²) in [5.41, 5.74) is 1.12. The fraction of sp³-hybridized carbons (Fsp3) is 0.812. The summed E-state index contributed by atoms with van der Waals surface area (Å²) < 4.78 is 5.69. The quantitative estimate of drug-likeness (QED) is 0.716. The molecule has 3 nitrogen and oxygen atoms in total. The van der Waals surface area contributed by atoms with E-state index in [2.05, 4.69) is 53.4 Å². The van der Waals surface area contributed by atoms with Crippen LogP contribution in [-0.4, -0.2) is 30.5 Å². The summed E-state index contributed by atoms with van der Waals surface area (Å²) in [4.78, 5) is 14.2. The Bertz CT molecular complexity index is 369. The van der Waals surface area contributed by atoms with Crippen LogP contribution in [0.4, 0.5) is 0 Å². The summed E-state index contributed by atoms with van der Waals surface area (Å²) in [5.74, 6) is 0.737. The smallest absolute Gasteiger partial charge is 0.325 e. The maximum atomic E-state index is 12.0. The van der Waals surface area contributed by atoms with Crippen molar-refractivity contribution in [1.82, 2.24) is 4.90 Å². The highest BCUT2D eigenvalue weighted by molar-refractivity contribution is 5.73. The average molecular weight is 267 g/mol. The second-order valence-electron chi connectivity index (χ2n) is 7.49. The first kappa shape index (κ1) is 16.2. The molecule has 0 saturated heterocycles. The summed E-state index contributed by atoms with van der Waals surface area (Å²) >= 11 is 0. The minimum atomic E-state index is -0.138. The molecule has 1 heterocycles. The minimum absolute atomic E-state index is 0.0131. The number of cyclic esters (lactones) is 1. The molecule has 19 heavy (non-hydrogen) atoms. The van der Waals surface area contributed by atoms with Crippen LogP contribution in [0.15, 0.2) is 11.3 Å². The van der Waals surface area contributed by atoms with Crippen molar-refractivity contribution in [3.05, 3.63) is 11.3 Å². The van der Waals surface area contributed by atoms with Crippen molar-refractivity contribution in [2.75, 3.05) is 19.6 Å². The Hall–Kier alpha value is -0.830. The highest BCUT2D eigenvalue weighted by Gasteiger charge is 2.34. The zero-order valence-electron chi connectivity index (χ0n) is 13.6. The van der Waals surface area contributed by atoms with E-state index in [1.807, 2.05) is 0 Å². The number of carbonyl (C=O) groups is 1. The number of allylic oxidation sites excluding steroid dienone is 1. The molecule has 0 atom stereocenters. The van der Waals surface area contributed by atoms with Gasteiger partial charge < -0.3 is 4.74 Å². The van der Waals surface area contributed by atoms with Gasteiger partial charge in [0.1, 0.15) is 5.76 Å². The zero-order chi connectivity index (χ0) is 14.8. The lowest BCUT2D eigenvalue weighted by molar-refractivity contribution is -0.141. The lowest BCUT2D eigenvalue weighted by Crippen LogP contribution is -2.33. The molecule has 0 amide bonds. The van der Waals surface area contributed by atoms with Gasteiger partial charge in [-0.1, -0.05) is 48.5 Å². The second-order valence-corrected chi connectivity index (χ2v) is 7.49. The maximum Gasteiger partial charge on any atom is 0.325 e. The average Bonchev–Trinajstić information content (AvgIpc) is 2.36. The fourth-order valence-corrected chi connectivity index (χ4v) is 2.40. The molecule has 0 radical (unpaired) electrons. The number of nitrogens with zero attached hydrogens (tertiary/aromatic N) is 1. The number of carbonyl (C=O) groups excluding carboxylic acids is 1. The lowest BCUT2D eigenvalue weighted by Gasteiger charge is -2.32. The van der Waals surface area contributed by atoms with Gasteiger partial charge in [-0.3, -0.25) is 9.69 Å². The minimum Gasteiger partial charge on any atom is -0.430 e. The Morgan fingerprint density at radius 1 is 1.05 bits per heavy atom. The van der Waals surface area contributed by atoms with E-state index in [0.717, 1.165) is 25.3 Å². The van der Waals surface area contributed by atoms with E-state index in [1.54, 1.807) is 0 Å². The monoisotopic (exact) mass is 267 g/mol. The fourth-order valence-electron chi connectivity index (χ4n) is 2.40. The van der Waals surface area contributed by atoms with Gasteiger partial charge in [0.2, 0.25) is 0 Å². The topological polar surface area (TPSA) is 29.5 Å². The van der Waals surface area contributed by atoms with Crippen LogP contribution in [0.5, 0.6) is 0 Å². The Morgan fingerprint density at radius 3 is 2.05 bits per heavy atom. The molecule has 0 saturated carbocycles. The lowest BCUT2D eigenvalue weighted by atomic mass is 9.79. The summed E-state index contributed by atoms with van der Waals surface area (Å²) in [5, 5.41) is 0. The van der Waals surface area contributed by atoms with Crippen LogP contribution in [0.2, 0.25) is 0 Å². The molecular formula is C16H29NO2. The molecule has 0 fully saturated rings. The number of rotatable bonds is 2. The first-order chi connectivity index (χ1) is 8.55. The third kappa shape index (κ3) is 4.34. The Morgan fingerprint density at radius 2 is 1.63 bits per heavy atom. The van der Waals surface area contributed by atoms with Crippen LogP contribution in [0.25, 0.3) is 0 Å². The second kappa shape index (κ2) is 5.66. The van der Waals surface area contributed by atoms with Gasteiger partial charge >= 0.3 is 5.97 Å². The van der Waals surface area contributed by atoms with E-state index in [1.165, 1.54) is 5.57 Å².